The van der Waals surface area contributed by atoms with E-state index >= 15 is 0 Å². The summed E-state index contributed by atoms with van der Waals surface area (Å²) in [4.78, 5) is 59.5. The summed E-state index contributed by atoms with van der Waals surface area (Å²) < 4.78 is 0. The second-order valence-corrected chi connectivity index (χ2v) is 24.2. The number of unbranched alkanes of at least 4 members (excludes halogenated alkanes) is 8. The van der Waals surface area contributed by atoms with Crippen molar-refractivity contribution in [1.29, 1.82) is 0 Å². The fraction of sp³-hybridized carbons (Fsp3) is 0.616. The zero-order valence-electron chi connectivity index (χ0n) is 52.0. The van der Waals surface area contributed by atoms with E-state index in [1.165, 1.54) is 0 Å². The number of benzene rings is 4. The number of carbonyl (C=O) groups excluding carboxylic acids is 4. The molecule has 0 unspecified atom stereocenters. The Morgan fingerprint density at radius 1 is 0.272 bits per heavy atom. The van der Waals surface area contributed by atoms with Crippen LogP contribution in [0.25, 0.3) is 0 Å². The zero-order valence-corrected chi connectivity index (χ0v) is 52.0. The third-order valence-corrected chi connectivity index (χ3v) is 16.8. The van der Waals surface area contributed by atoms with Gasteiger partial charge >= 0.3 is 0 Å². The molecule has 448 valence electrons. The molecule has 0 heterocycles. The maximum Gasteiger partial charge on any atom is 0.133 e. The number of phenols is 4. The Bertz CT molecular complexity index is 2110. The number of Topliss-reactive ketones (excluding diaryl/α,β-unsaturated/α-hetero) is 4. The highest BCUT2D eigenvalue weighted by Crippen LogP contribution is 2.40. The van der Waals surface area contributed by atoms with Crippen molar-refractivity contribution in [1.82, 2.24) is 0 Å². The Morgan fingerprint density at radius 3 is 0.556 bits per heavy atom. The first-order valence-electron chi connectivity index (χ1n) is 32.5. The molecule has 8 heteroatoms. The molecule has 0 bridgehead atoms. The minimum atomic E-state index is -1.26. The molecule has 4 N–H and O–H groups in total. The van der Waals surface area contributed by atoms with Gasteiger partial charge in [-0.1, -0.05) is 155 Å². The second-order valence-electron chi connectivity index (χ2n) is 24.2. The lowest BCUT2D eigenvalue weighted by Crippen LogP contribution is -2.33. The predicted octanol–water partition coefficient (Wildman–Crippen LogP) is 17.9. The van der Waals surface area contributed by atoms with Gasteiger partial charge in [0.1, 0.15) is 46.1 Å². The van der Waals surface area contributed by atoms with E-state index in [0.717, 1.165) is 221 Å². The number of rotatable bonds is 44. The van der Waals surface area contributed by atoms with Gasteiger partial charge in [-0.25, -0.2) is 0 Å². The third kappa shape index (κ3) is 23.1. The Balaban J connectivity index is 1.80. The monoisotopic (exact) mass is 1110 g/mol. The average Bonchev–Trinajstić information content (AvgIpc) is 3.53. The molecule has 0 aliphatic carbocycles. The molecular weight excluding hydrogens is 1000 g/mol. The lowest BCUT2D eigenvalue weighted by Gasteiger charge is -2.32. The molecule has 0 atom stereocenters. The molecule has 8 nitrogen and oxygen atoms in total. The SMILES string of the molecule is CCCCc1cc(CCC(=O)CC(CC(=O)CCc2cc(CCCC)c(O)c(CCCC)c2)(CC(=O)CCc2cc(CCCC)c(O)c(CCCC)c2)CC(=O)CCc2cc(CCCC)c(O)c(CCCC)c2)cc(CCCC)c1O. The van der Waals surface area contributed by atoms with E-state index in [2.05, 4.69) is 55.4 Å². The second kappa shape index (κ2) is 37.1. The van der Waals surface area contributed by atoms with Gasteiger partial charge < -0.3 is 20.4 Å². The minimum Gasteiger partial charge on any atom is -0.507 e. The summed E-state index contributed by atoms with van der Waals surface area (Å²) in [6.07, 6.45) is 23.5. The van der Waals surface area contributed by atoms with Crippen molar-refractivity contribution in [2.24, 2.45) is 5.41 Å². The van der Waals surface area contributed by atoms with Crippen LogP contribution in [0.2, 0.25) is 0 Å². The van der Waals surface area contributed by atoms with Crippen LogP contribution in [-0.4, -0.2) is 43.6 Å². The lowest BCUT2D eigenvalue weighted by molar-refractivity contribution is -0.130. The summed E-state index contributed by atoms with van der Waals surface area (Å²) in [7, 11) is 0. The van der Waals surface area contributed by atoms with E-state index in [9.17, 15) is 39.6 Å². The highest BCUT2D eigenvalue weighted by atomic mass is 16.3. The molecule has 81 heavy (non-hydrogen) atoms. The molecule has 0 aromatic heterocycles. The van der Waals surface area contributed by atoms with Crippen molar-refractivity contribution in [2.45, 2.75) is 287 Å². The van der Waals surface area contributed by atoms with E-state index in [1.54, 1.807) is 0 Å². The Hall–Kier alpha value is -5.24. The van der Waals surface area contributed by atoms with Crippen molar-refractivity contribution in [3.63, 3.8) is 0 Å². The number of hydrogen-bond acceptors (Lipinski definition) is 8. The Morgan fingerprint density at radius 2 is 0.420 bits per heavy atom. The number of ketones is 4. The van der Waals surface area contributed by atoms with Gasteiger partial charge in [-0.05, 0) is 201 Å². The standard InChI is InChI=1S/C73H108O8/c1-9-17-25-57-41-53(42-58(69(57)78)26-18-10-2)33-37-65(74)49-73(50-66(75)38-34-54-43-59(27-19-11-3)70(79)60(44-54)28-20-12-4,51-67(76)39-35-55-45-61(29-21-13-5)71(80)62(46-55)30-22-14-6)52-68(77)40-36-56-47-63(31-23-15-7)72(81)64(48-56)32-24-16-8/h41-48,78-81H,9-40,49-52H2,1-8H3. The number of aromatic hydroxyl groups is 4. The molecule has 0 fully saturated rings. The molecule has 0 saturated carbocycles. The van der Waals surface area contributed by atoms with Crippen LogP contribution in [-0.2, 0) is 96.2 Å². The van der Waals surface area contributed by atoms with E-state index in [0.29, 0.717) is 48.7 Å². The molecule has 4 aromatic rings. The van der Waals surface area contributed by atoms with E-state index in [4.69, 9.17) is 0 Å². The van der Waals surface area contributed by atoms with Gasteiger partial charge in [0.05, 0.1) is 0 Å². The molecule has 4 rings (SSSR count). The molecule has 0 aliphatic rings. The van der Waals surface area contributed by atoms with Gasteiger partial charge in [0, 0.05) is 51.4 Å². The molecule has 0 aliphatic heterocycles. The summed E-state index contributed by atoms with van der Waals surface area (Å²) >= 11 is 0. The Kier molecular flexibility index (Phi) is 31.2. The summed E-state index contributed by atoms with van der Waals surface area (Å²) in [5.74, 6) is 1.03. The number of aryl methyl sites for hydroxylation is 12. The van der Waals surface area contributed by atoms with E-state index in [1.807, 2.05) is 48.5 Å². The fourth-order valence-electron chi connectivity index (χ4n) is 11.9. The minimum absolute atomic E-state index is 0.0929. The maximum atomic E-state index is 14.9. The quantitative estimate of drug-likeness (QED) is 0.0342. The van der Waals surface area contributed by atoms with Crippen LogP contribution in [0.5, 0.6) is 23.0 Å². The van der Waals surface area contributed by atoms with Gasteiger partial charge in [-0.3, -0.25) is 19.2 Å². The lowest BCUT2D eigenvalue weighted by atomic mass is 9.69. The van der Waals surface area contributed by atoms with Gasteiger partial charge in [0.2, 0.25) is 0 Å². The van der Waals surface area contributed by atoms with E-state index in [-0.39, 0.29) is 74.5 Å². The summed E-state index contributed by atoms with van der Waals surface area (Å²) in [5.41, 5.74) is 9.88. The molecule has 0 amide bonds. The van der Waals surface area contributed by atoms with Crippen LogP contribution in [0.4, 0.5) is 0 Å². The number of hydrogen-bond donors (Lipinski definition) is 4. The first-order valence-corrected chi connectivity index (χ1v) is 32.5. The largest absolute Gasteiger partial charge is 0.507 e. The number of carbonyl (C=O) groups is 4. The third-order valence-electron chi connectivity index (χ3n) is 16.8. The van der Waals surface area contributed by atoms with Crippen molar-refractivity contribution >= 4 is 23.1 Å². The van der Waals surface area contributed by atoms with Crippen LogP contribution in [0, 0.1) is 5.41 Å². The molecule has 4 aromatic carbocycles. The van der Waals surface area contributed by atoms with Gasteiger partial charge in [-0.15, -0.1) is 0 Å². The van der Waals surface area contributed by atoms with Gasteiger partial charge in [0.25, 0.3) is 0 Å². The van der Waals surface area contributed by atoms with Crippen LogP contribution >= 0.6 is 0 Å². The highest BCUT2D eigenvalue weighted by Gasteiger charge is 2.39. The maximum absolute atomic E-state index is 14.9. The molecule has 0 radical (unpaired) electrons. The first kappa shape index (κ1) is 68.3. The van der Waals surface area contributed by atoms with Crippen molar-refractivity contribution in [2.75, 3.05) is 0 Å². The summed E-state index contributed by atoms with van der Waals surface area (Å²) in [6, 6.07) is 16.3. The van der Waals surface area contributed by atoms with Crippen LogP contribution in [0.1, 0.15) is 276 Å². The topological polar surface area (TPSA) is 149 Å². The molecule has 0 spiro atoms. The molecular formula is C73H108O8. The highest BCUT2D eigenvalue weighted by molar-refractivity contribution is 5.89. The predicted molar refractivity (Wildman–Crippen MR) is 336 cm³/mol. The first-order chi connectivity index (χ1) is 39.1. The van der Waals surface area contributed by atoms with Crippen LogP contribution in [0.3, 0.4) is 0 Å². The van der Waals surface area contributed by atoms with Crippen LogP contribution < -0.4 is 0 Å². The summed E-state index contributed by atoms with van der Waals surface area (Å²) in [5, 5.41) is 45.3. The van der Waals surface area contributed by atoms with Crippen molar-refractivity contribution in [3.8, 4) is 23.0 Å². The van der Waals surface area contributed by atoms with Crippen LogP contribution in [0.15, 0.2) is 48.5 Å². The molecule has 0 saturated heterocycles. The van der Waals surface area contributed by atoms with Crippen molar-refractivity contribution < 1.29 is 39.6 Å². The average molecular weight is 1110 g/mol. The smallest absolute Gasteiger partial charge is 0.133 e. The normalized spacial score (nSPS) is 11.7. The van der Waals surface area contributed by atoms with Gasteiger partial charge in [-0.2, -0.15) is 0 Å². The Labute approximate surface area is 490 Å². The fourth-order valence-corrected chi connectivity index (χ4v) is 11.9. The van der Waals surface area contributed by atoms with Crippen molar-refractivity contribution in [3.05, 3.63) is 115 Å². The number of phenolic OH excluding ortho intramolecular Hbond substituents is 4. The van der Waals surface area contributed by atoms with Gasteiger partial charge in [0.15, 0.2) is 0 Å². The zero-order chi connectivity index (χ0) is 59.2. The van der Waals surface area contributed by atoms with E-state index < -0.39 is 5.41 Å². The summed E-state index contributed by atoms with van der Waals surface area (Å²) in [6.45, 7) is 17.1.